The van der Waals surface area contributed by atoms with Gasteiger partial charge in [-0.1, -0.05) is 291 Å². The van der Waals surface area contributed by atoms with E-state index in [9.17, 15) is 14.4 Å². The van der Waals surface area contributed by atoms with E-state index in [2.05, 4.69) is 130 Å². The molecule has 0 fully saturated rings. The highest BCUT2D eigenvalue weighted by atomic mass is 16.6. The van der Waals surface area contributed by atoms with Crippen molar-refractivity contribution in [1.82, 2.24) is 0 Å². The molecule has 0 bridgehead atoms. The van der Waals surface area contributed by atoms with Gasteiger partial charge in [-0.25, -0.2) is 0 Å². The monoisotopic (exact) mass is 1080 g/mol. The Bertz CT molecular complexity index is 1570. The zero-order valence-electron chi connectivity index (χ0n) is 51.2. The maximum atomic E-state index is 12.9. The van der Waals surface area contributed by atoms with Crippen molar-refractivity contribution in [1.29, 1.82) is 0 Å². The number of hydrogen-bond acceptors (Lipinski definition) is 6. The predicted molar refractivity (Wildman–Crippen MR) is 339 cm³/mol. The van der Waals surface area contributed by atoms with E-state index in [1.807, 2.05) is 0 Å². The molecule has 0 heterocycles. The van der Waals surface area contributed by atoms with Crippen molar-refractivity contribution in [2.45, 2.75) is 316 Å². The number of unbranched alkanes of at least 4 members (excludes halogenated alkanes) is 30. The third kappa shape index (κ3) is 62.9. The molecule has 0 rings (SSSR count). The van der Waals surface area contributed by atoms with Gasteiger partial charge in [-0.3, -0.25) is 14.4 Å². The summed E-state index contributed by atoms with van der Waals surface area (Å²) in [5, 5.41) is 0. The minimum absolute atomic E-state index is 0.0791. The fourth-order valence-electron chi connectivity index (χ4n) is 9.10. The van der Waals surface area contributed by atoms with Crippen LogP contribution in [0.1, 0.15) is 310 Å². The maximum Gasteiger partial charge on any atom is 0.306 e. The molecule has 446 valence electrons. The summed E-state index contributed by atoms with van der Waals surface area (Å²) in [7, 11) is 0. The van der Waals surface area contributed by atoms with Crippen LogP contribution in [0, 0.1) is 0 Å². The SMILES string of the molecule is CC/C=C\C/C=C\C/C=C\C/C=C\C/C=C\C/C=C\C/C=C\C/C=C\CCCCCCCCCCC(=O)OCC(COC(=O)CCCCCCCCCC)OC(=O)CCCCCCCCCCC/C=C\CCCCCCCC. The number of carbonyl (C=O) groups is 3. The second-order valence-corrected chi connectivity index (χ2v) is 21.6. The lowest BCUT2D eigenvalue weighted by Gasteiger charge is -2.18. The first-order valence-electron chi connectivity index (χ1n) is 32.9. The van der Waals surface area contributed by atoms with Gasteiger partial charge in [0.1, 0.15) is 13.2 Å². The lowest BCUT2D eigenvalue weighted by atomic mass is 10.1. The van der Waals surface area contributed by atoms with Gasteiger partial charge in [0.2, 0.25) is 0 Å². The predicted octanol–water partition coefficient (Wildman–Crippen LogP) is 22.6. The molecule has 0 saturated heterocycles. The summed E-state index contributed by atoms with van der Waals surface area (Å²) in [4.78, 5) is 38.1. The highest BCUT2D eigenvalue weighted by Gasteiger charge is 2.19. The van der Waals surface area contributed by atoms with Gasteiger partial charge in [-0.15, -0.1) is 0 Å². The van der Waals surface area contributed by atoms with E-state index in [4.69, 9.17) is 14.2 Å². The van der Waals surface area contributed by atoms with Crippen molar-refractivity contribution in [2.75, 3.05) is 13.2 Å². The number of rotatable bonds is 59. The van der Waals surface area contributed by atoms with Crippen LogP contribution in [0.4, 0.5) is 0 Å². The van der Waals surface area contributed by atoms with Gasteiger partial charge in [0.25, 0.3) is 0 Å². The molecule has 0 aromatic heterocycles. The lowest BCUT2D eigenvalue weighted by Crippen LogP contribution is -2.30. The van der Waals surface area contributed by atoms with Crippen LogP contribution >= 0.6 is 0 Å². The number of ether oxygens (including phenoxy) is 3. The molecule has 0 aliphatic rings. The van der Waals surface area contributed by atoms with Crippen LogP contribution in [0.2, 0.25) is 0 Å². The minimum Gasteiger partial charge on any atom is -0.462 e. The Kier molecular flexibility index (Phi) is 62.3. The summed E-state index contributed by atoms with van der Waals surface area (Å²) < 4.78 is 16.9. The summed E-state index contributed by atoms with van der Waals surface area (Å²) >= 11 is 0. The van der Waals surface area contributed by atoms with Crippen molar-refractivity contribution >= 4 is 17.9 Å². The zero-order valence-corrected chi connectivity index (χ0v) is 51.2. The summed E-state index contributed by atoms with van der Waals surface area (Å²) in [6.07, 6.45) is 89.7. The Morgan fingerprint density at radius 2 is 0.500 bits per heavy atom. The van der Waals surface area contributed by atoms with Crippen LogP contribution in [0.5, 0.6) is 0 Å². The largest absolute Gasteiger partial charge is 0.462 e. The molecule has 0 aliphatic heterocycles. The zero-order chi connectivity index (χ0) is 56.4. The van der Waals surface area contributed by atoms with Crippen molar-refractivity contribution in [3.05, 3.63) is 109 Å². The molecule has 0 amide bonds. The van der Waals surface area contributed by atoms with Crippen LogP contribution in [-0.4, -0.2) is 37.2 Å². The third-order valence-electron chi connectivity index (χ3n) is 14.0. The highest BCUT2D eigenvalue weighted by Crippen LogP contribution is 2.16. The fourth-order valence-corrected chi connectivity index (χ4v) is 9.10. The smallest absolute Gasteiger partial charge is 0.306 e. The fraction of sp³-hybridized carbons (Fsp3) is 0.708. The van der Waals surface area contributed by atoms with Gasteiger partial charge < -0.3 is 14.2 Å². The van der Waals surface area contributed by atoms with Gasteiger partial charge in [0.15, 0.2) is 6.10 Å². The standard InChI is InChI=1S/C72H122O6/c1-4-7-10-13-16-19-21-23-25-27-29-30-31-32-33-34-35-36-37-38-39-40-41-42-44-45-47-49-51-53-56-59-62-65-71(74)77-68-69(67-76-70(73)64-61-58-55-18-15-12-9-6-3)78-72(75)66-63-60-57-54-52-50-48-46-43-28-26-24-22-20-17-14-11-8-5-2/h7,10,16,19,23-26,29-30,32-33,35-36,38-39,41-42,69H,4-6,8-9,11-15,17-18,20-22,27-28,31,34,37,40,43-68H2,1-3H3/b10-7-,19-16-,25-23-,26-24-,30-29-,33-32-,36-35-,39-38-,42-41-. The molecule has 0 aromatic rings. The Labute approximate surface area is 482 Å². The number of allylic oxidation sites excluding steroid dienone is 18. The van der Waals surface area contributed by atoms with Crippen LogP contribution in [0.25, 0.3) is 0 Å². The molecule has 0 aromatic carbocycles. The van der Waals surface area contributed by atoms with Crippen molar-refractivity contribution in [3.8, 4) is 0 Å². The van der Waals surface area contributed by atoms with E-state index >= 15 is 0 Å². The van der Waals surface area contributed by atoms with Crippen molar-refractivity contribution in [3.63, 3.8) is 0 Å². The van der Waals surface area contributed by atoms with Gasteiger partial charge in [0, 0.05) is 19.3 Å². The summed E-state index contributed by atoms with van der Waals surface area (Å²) in [5.74, 6) is -0.886. The Morgan fingerprint density at radius 3 is 0.795 bits per heavy atom. The third-order valence-corrected chi connectivity index (χ3v) is 14.0. The van der Waals surface area contributed by atoms with E-state index in [0.29, 0.717) is 19.3 Å². The molecular weight excluding hydrogens is 961 g/mol. The molecule has 1 unspecified atom stereocenters. The second kappa shape index (κ2) is 65.6. The van der Waals surface area contributed by atoms with E-state index < -0.39 is 6.10 Å². The molecule has 6 heteroatoms. The average Bonchev–Trinajstić information content (AvgIpc) is 3.44. The first kappa shape index (κ1) is 74.1. The van der Waals surface area contributed by atoms with E-state index in [1.165, 1.54) is 154 Å². The van der Waals surface area contributed by atoms with Gasteiger partial charge in [0.05, 0.1) is 0 Å². The molecule has 1 atom stereocenters. The summed E-state index contributed by atoms with van der Waals surface area (Å²) in [5.41, 5.74) is 0. The van der Waals surface area contributed by atoms with Crippen LogP contribution in [0.15, 0.2) is 109 Å². The van der Waals surface area contributed by atoms with Crippen LogP contribution < -0.4 is 0 Å². The van der Waals surface area contributed by atoms with Gasteiger partial charge in [-0.2, -0.15) is 0 Å². The Morgan fingerprint density at radius 1 is 0.269 bits per heavy atom. The minimum atomic E-state index is -0.781. The molecule has 0 N–H and O–H groups in total. The normalized spacial score (nSPS) is 12.8. The van der Waals surface area contributed by atoms with E-state index in [1.54, 1.807) is 0 Å². The molecular formula is C72H122O6. The quantitative estimate of drug-likeness (QED) is 0.0261. The number of esters is 3. The molecule has 78 heavy (non-hydrogen) atoms. The molecule has 0 aliphatic carbocycles. The maximum absolute atomic E-state index is 12.9. The van der Waals surface area contributed by atoms with Crippen LogP contribution in [-0.2, 0) is 28.6 Å². The van der Waals surface area contributed by atoms with Crippen molar-refractivity contribution in [2.24, 2.45) is 0 Å². The number of carbonyl (C=O) groups excluding carboxylic acids is 3. The van der Waals surface area contributed by atoms with Crippen LogP contribution in [0.3, 0.4) is 0 Å². The topological polar surface area (TPSA) is 78.9 Å². The Balaban J connectivity index is 4.17. The summed E-state index contributed by atoms with van der Waals surface area (Å²) in [6, 6.07) is 0. The highest BCUT2D eigenvalue weighted by molar-refractivity contribution is 5.71. The molecule has 6 nitrogen and oxygen atoms in total. The average molecular weight is 1080 g/mol. The lowest BCUT2D eigenvalue weighted by molar-refractivity contribution is -0.167. The van der Waals surface area contributed by atoms with Gasteiger partial charge in [-0.05, 0) is 109 Å². The Hall–Kier alpha value is -3.93. The van der Waals surface area contributed by atoms with Crippen molar-refractivity contribution < 1.29 is 28.6 Å². The first-order chi connectivity index (χ1) is 38.5. The first-order valence-corrected chi connectivity index (χ1v) is 32.9. The number of hydrogen-bond donors (Lipinski definition) is 0. The second-order valence-electron chi connectivity index (χ2n) is 21.6. The van der Waals surface area contributed by atoms with Gasteiger partial charge >= 0.3 is 17.9 Å². The molecule has 0 radical (unpaired) electrons. The molecule has 0 spiro atoms. The van der Waals surface area contributed by atoms with E-state index in [-0.39, 0.29) is 31.1 Å². The van der Waals surface area contributed by atoms with E-state index in [0.717, 1.165) is 116 Å². The molecule has 0 saturated carbocycles. The summed E-state index contributed by atoms with van der Waals surface area (Å²) in [6.45, 7) is 6.50.